The summed E-state index contributed by atoms with van der Waals surface area (Å²) < 4.78 is 65.0. The lowest BCUT2D eigenvalue weighted by atomic mass is 9.87. The molecule has 0 saturated carbocycles. The number of benzene rings is 8. The summed E-state index contributed by atoms with van der Waals surface area (Å²) in [6.07, 6.45) is 61.6. The van der Waals surface area contributed by atoms with Gasteiger partial charge in [0.25, 0.3) is 0 Å². The molecule has 12 nitrogen and oxygen atoms in total. The highest BCUT2D eigenvalue weighted by Gasteiger charge is 2.18. The van der Waals surface area contributed by atoms with E-state index < -0.39 is 0 Å². The summed E-state index contributed by atoms with van der Waals surface area (Å²) in [6.45, 7) is 48.0. The lowest BCUT2D eigenvalue weighted by molar-refractivity contribution is 0.0549. The van der Waals surface area contributed by atoms with Gasteiger partial charge in [0.1, 0.15) is 40.2 Å². The van der Waals surface area contributed by atoms with Crippen LogP contribution in [0.25, 0.3) is 18.2 Å². The van der Waals surface area contributed by atoms with Crippen LogP contribution in [0.4, 0.5) is 0 Å². The lowest BCUT2D eigenvalue weighted by Crippen LogP contribution is -2.11. The Balaban J connectivity index is 0.000000320. The van der Waals surface area contributed by atoms with Gasteiger partial charge >= 0.3 is 0 Å². The van der Waals surface area contributed by atoms with Crippen molar-refractivity contribution in [2.45, 2.75) is 311 Å². The minimum Gasteiger partial charge on any atom is -0.497 e. The Morgan fingerprint density at radius 3 is 0.898 bits per heavy atom. The number of unbranched alkanes of at least 4 members (excludes halogenated alkanes) is 18. The molecule has 0 heterocycles. The predicted octanol–water partition coefficient (Wildman–Crippen LogP) is 32.6. The van der Waals surface area contributed by atoms with Crippen LogP contribution in [-0.4, -0.2) is 113 Å². The largest absolute Gasteiger partial charge is 0.497 e. The molecular formula is C125H182O12. The van der Waals surface area contributed by atoms with E-state index >= 15 is 0 Å². The van der Waals surface area contributed by atoms with Gasteiger partial charge in [0, 0.05) is 54.4 Å². The average molecular weight is 1880 g/mol. The smallest absolute Gasteiger partial charge is 0.119 e. The fourth-order valence-corrected chi connectivity index (χ4v) is 15.1. The second-order valence-electron chi connectivity index (χ2n) is 35.4. The number of rotatable bonds is 60. The molecule has 0 amide bonds. The van der Waals surface area contributed by atoms with Crippen molar-refractivity contribution >= 4 is 18.2 Å². The molecule has 13 rings (SSSR count). The van der Waals surface area contributed by atoms with E-state index in [1.54, 1.807) is 51.7 Å². The van der Waals surface area contributed by atoms with Gasteiger partial charge in [-0.3, -0.25) is 0 Å². The standard InChI is InChI=1S/C17H26O2.C15H22O2.C15H22O.C14H20O.C13H18O2.C12H22O.C11H14O.C11H14.C9H10O.C8H14O/c1-3-16-10-12-17(13-11-16)19-15-9-7-5-4-6-8-14-18-2;1-3-14-9-8-10-15(13-14)17-12-7-5-4-6-11-16-2;1-2-3-4-5-6-11-16-15-10-9-13-7-8-14(13)12-15;1-2-3-4-5-10-15-14-9-8-12-6-7-13(12)11-14;1-14-8-2-3-9-15-13-7-6-11-4-5-12(11)10-13;1-4-7-8-11-13-12(9-5-2)10-6-3;1-3-9-12-11-7-5-10(4-2)6-8-11;1-2-3-9-4-5-10-6-7-11(10)8-9;1-10-9-5-4-7-2-3-8(7)6-9;1-4-7-9-8(5-2)6-3/h3,10-13H,1,4-9,14-15H2,2H3;3,8-10,13H,1,4-7,11-12H2,2H3;9-10,12H,2-8,11H2,1H3;8-9,11H,2-7,10H2,1H3;6-7,10H,2-5,8-9H2,1H3;5-6,12H,2-4,7-11H2,1H3;4-8H,2-3,9H2,1H3;4-5,8H,2-3,6-7H2,1H3;4-6H,2-3H2,1H3;5-6,8H,2-4,7H2,1H3. The summed E-state index contributed by atoms with van der Waals surface area (Å²) in [4.78, 5) is 0. The minimum absolute atomic E-state index is 0.0324. The van der Waals surface area contributed by atoms with E-state index in [-0.39, 0.29) is 6.10 Å². The number of hydrogen-bond acceptors (Lipinski definition) is 12. The maximum atomic E-state index is 5.76. The van der Waals surface area contributed by atoms with Crippen molar-refractivity contribution in [3.63, 3.8) is 0 Å². The third-order valence-electron chi connectivity index (χ3n) is 24.1. The van der Waals surface area contributed by atoms with Crippen LogP contribution in [0.5, 0.6) is 40.2 Å². The van der Waals surface area contributed by atoms with E-state index in [4.69, 9.17) is 56.8 Å². The van der Waals surface area contributed by atoms with Crippen LogP contribution in [0.2, 0.25) is 0 Å². The Bertz CT molecular complexity index is 4320. The molecular weight excluding hydrogens is 1690 g/mol. The van der Waals surface area contributed by atoms with Gasteiger partial charge in [0.15, 0.2) is 0 Å². The first kappa shape index (κ1) is 120. The molecule has 12 heteroatoms. The molecule has 0 fully saturated rings. The molecule has 0 saturated heterocycles. The van der Waals surface area contributed by atoms with Gasteiger partial charge in [-0.1, -0.05) is 279 Å². The number of aryl methyl sites for hydroxylation is 11. The Labute approximate surface area is 833 Å². The number of methoxy groups -OCH3 is 4. The van der Waals surface area contributed by atoms with Gasteiger partial charge in [-0.05, 0) is 323 Å². The zero-order valence-corrected chi connectivity index (χ0v) is 87.2. The summed E-state index contributed by atoms with van der Waals surface area (Å²) in [5, 5.41) is 0. The normalized spacial score (nSPS) is 11.6. The molecule has 0 aliphatic heterocycles. The van der Waals surface area contributed by atoms with Crippen molar-refractivity contribution in [3.8, 4) is 40.2 Å². The summed E-state index contributed by atoms with van der Waals surface area (Å²) in [5.74, 6) is 6.94. The molecule has 5 aliphatic rings. The van der Waals surface area contributed by atoms with Crippen LogP contribution < -0.4 is 33.2 Å². The lowest BCUT2D eigenvalue weighted by Gasteiger charge is -2.19. The van der Waals surface area contributed by atoms with E-state index in [1.807, 2.05) is 109 Å². The van der Waals surface area contributed by atoms with Gasteiger partial charge in [0.2, 0.25) is 0 Å². The Morgan fingerprint density at radius 1 is 0.248 bits per heavy atom. The van der Waals surface area contributed by atoms with Crippen LogP contribution in [-0.2, 0) is 94.3 Å². The molecule has 5 aliphatic carbocycles. The Morgan fingerprint density at radius 2 is 0.555 bits per heavy atom. The highest BCUT2D eigenvalue weighted by atomic mass is 16.5. The van der Waals surface area contributed by atoms with Crippen LogP contribution in [0.3, 0.4) is 0 Å². The van der Waals surface area contributed by atoms with Crippen molar-refractivity contribution in [3.05, 3.63) is 312 Å². The Hall–Kier alpha value is -9.66. The maximum absolute atomic E-state index is 5.76. The number of hydrogen-bond donors (Lipinski definition) is 0. The van der Waals surface area contributed by atoms with E-state index in [2.05, 4.69) is 173 Å². The van der Waals surface area contributed by atoms with Crippen molar-refractivity contribution in [2.24, 2.45) is 0 Å². The molecule has 0 unspecified atom stereocenters. The molecule has 0 bridgehead atoms. The molecule has 0 atom stereocenters. The quantitative estimate of drug-likeness (QED) is 0.0267. The zero-order chi connectivity index (χ0) is 98.9. The van der Waals surface area contributed by atoms with Gasteiger partial charge in [-0.2, -0.15) is 0 Å². The van der Waals surface area contributed by atoms with Gasteiger partial charge < -0.3 is 56.8 Å². The second kappa shape index (κ2) is 81.2. The molecule has 754 valence electrons. The van der Waals surface area contributed by atoms with Crippen molar-refractivity contribution in [1.29, 1.82) is 0 Å². The first-order valence-electron chi connectivity index (χ1n) is 52.5. The summed E-state index contributed by atoms with van der Waals surface area (Å²) in [6, 6.07) is 56.7. The van der Waals surface area contributed by atoms with E-state index in [1.165, 1.54) is 249 Å². The first-order chi connectivity index (χ1) is 67.3. The topological polar surface area (TPSA) is 111 Å². The molecule has 0 N–H and O–H groups in total. The number of fused-ring (bicyclic) bond motifs is 5. The number of ether oxygens (including phenoxy) is 12. The monoisotopic (exact) mass is 1880 g/mol. The molecule has 8 aromatic carbocycles. The SMILES string of the molecule is C=CC(C=C)OCCC.C=CCC(CC=C)OCCCCC.C=Cc1ccc(OCCC)cc1.C=Cc1ccc(OCCCCCCCCOC)cc1.C=Cc1cccc(OCCCCCCOC)c1.CCCCCCCOc1ccc2c(c1)CC2.CCCCCCOc1ccc2c(c1)CC2.CCCc1ccc2c(c1)CC2.COCCCCOc1ccc2c(c1)CC2.COc1ccc2c(c1)CC2. The zero-order valence-electron chi connectivity index (χ0n) is 87.2. The van der Waals surface area contributed by atoms with Gasteiger partial charge in [-0.25, -0.2) is 0 Å². The van der Waals surface area contributed by atoms with Crippen molar-refractivity contribution in [2.75, 3.05) is 101 Å². The summed E-state index contributed by atoms with van der Waals surface area (Å²) >= 11 is 0. The Kier molecular flexibility index (Phi) is 70.9. The summed E-state index contributed by atoms with van der Waals surface area (Å²) in [5.41, 5.74) is 19.9. The highest BCUT2D eigenvalue weighted by Crippen LogP contribution is 2.32. The van der Waals surface area contributed by atoms with E-state index in [9.17, 15) is 0 Å². The maximum Gasteiger partial charge on any atom is 0.119 e. The third-order valence-corrected chi connectivity index (χ3v) is 24.1. The average Bonchev–Trinajstić information content (AvgIpc) is 0.834. The van der Waals surface area contributed by atoms with Crippen LogP contribution in [0.1, 0.15) is 306 Å². The molecule has 0 aromatic heterocycles. The van der Waals surface area contributed by atoms with Crippen molar-refractivity contribution in [1.82, 2.24) is 0 Å². The first-order valence-corrected chi connectivity index (χ1v) is 52.5. The van der Waals surface area contributed by atoms with Crippen LogP contribution in [0.15, 0.2) is 234 Å². The van der Waals surface area contributed by atoms with Crippen LogP contribution >= 0.6 is 0 Å². The predicted molar refractivity (Wildman–Crippen MR) is 586 cm³/mol. The van der Waals surface area contributed by atoms with Crippen LogP contribution in [0, 0.1) is 0 Å². The van der Waals surface area contributed by atoms with E-state index in [0.717, 1.165) is 187 Å². The highest BCUT2D eigenvalue weighted by molar-refractivity contribution is 5.51. The third kappa shape index (κ3) is 55.7. The molecule has 8 aromatic rings. The fraction of sp³-hybridized carbons (Fsp3) is 0.504. The molecule has 0 radical (unpaired) electrons. The summed E-state index contributed by atoms with van der Waals surface area (Å²) in [7, 11) is 6.95. The molecule has 137 heavy (non-hydrogen) atoms. The van der Waals surface area contributed by atoms with E-state index in [0.29, 0.717) is 6.10 Å². The molecule has 0 spiro atoms. The van der Waals surface area contributed by atoms with Crippen molar-refractivity contribution < 1.29 is 56.8 Å². The second-order valence-corrected chi connectivity index (χ2v) is 35.4. The minimum atomic E-state index is 0.0324. The van der Waals surface area contributed by atoms with Gasteiger partial charge in [0.05, 0.1) is 59.0 Å². The van der Waals surface area contributed by atoms with Gasteiger partial charge in [-0.15, -0.1) is 26.3 Å². The fourth-order valence-electron chi connectivity index (χ4n) is 15.1.